The minimum absolute atomic E-state index is 0.0965. The van der Waals surface area contributed by atoms with Crippen LogP contribution in [0.25, 0.3) is 0 Å². The number of carbonyl (C=O) groups is 1. The summed E-state index contributed by atoms with van der Waals surface area (Å²) < 4.78 is 6.71. The predicted molar refractivity (Wildman–Crippen MR) is 76.1 cm³/mol. The summed E-state index contributed by atoms with van der Waals surface area (Å²) in [5.41, 5.74) is 1.09. The molecule has 0 aliphatic rings. The fourth-order valence-corrected chi connectivity index (χ4v) is 2.71. The molecule has 0 unspecified atom stereocenters. The van der Waals surface area contributed by atoms with Gasteiger partial charge in [-0.15, -0.1) is 0 Å². The Morgan fingerprint density at radius 1 is 1.22 bits per heavy atom. The molecule has 0 atom stereocenters. The molecule has 5 heteroatoms. The molecule has 3 nitrogen and oxygen atoms in total. The number of pyridine rings is 1. The number of hydrogen-bond acceptors (Lipinski definition) is 3. The van der Waals surface area contributed by atoms with E-state index in [4.69, 9.17) is 4.74 Å². The summed E-state index contributed by atoms with van der Waals surface area (Å²) in [6, 6.07) is 7.09. The summed E-state index contributed by atoms with van der Waals surface area (Å²) in [7, 11) is 1.54. The van der Waals surface area contributed by atoms with E-state index in [1.165, 1.54) is 6.20 Å². The molecule has 1 heterocycles. The van der Waals surface area contributed by atoms with Crippen molar-refractivity contribution in [2.75, 3.05) is 7.11 Å². The maximum atomic E-state index is 12.3. The Hall–Kier alpha value is -1.20. The number of nitrogens with zero attached hydrogens (tertiary/aromatic N) is 1. The summed E-state index contributed by atoms with van der Waals surface area (Å²) in [5.74, 6) is 0.467. The third-order valence-corrected chi connectivity index (χ3v) is 3.54. The first-order valence-electron chi connectivity index (χ1n) is 5.10. The molecule has 1 aromatic heterocycles. The molecule has 0 saturated carbocycles. The van der Waals surface area contributed by atoms with Gasteiger partial charge in [-0.3, -0.25) is 9.78 Å². The van der Waals surface area contributed by atoms with Crippen LogP contribution in [-0.2, 0) is 0 Å². The average Bonchev–Trinajstić information content (AvgIpc) is 2.38. The van der Waals surface area contributed by atoms with E-state index in [1.807, 2.05) is 12.1 Å². The van der Waals surface area contributed by atoms with Gasteiger partial charge in [0.25, 0.3) is 0 Å². The largest absolute Gasteiger partial charge is 0.495 e. The molecule has 1 aromatic carbocycles. The molecule has 0 saturated heterocycles. The molecule has 2 aromatic rings. The normalized spacial score (nSPS) is 10.2. The zero-order valence-electron chi connectivity index (χ0n) is 9.48. The van der Waals surface area contributed by atoms with Gasteiger partial charge in [-0.2, -0.15) is 0 Å². The fourth-order valence-electron chi connectivity index (χ4n) is 1.48. The van der Waals surface area contributed by atoms with Crippen molar-refractivity contribution in [1.29, 1.82) is 0 Å². The van der Waals surface area contributed by atoms with E-state index < -0.39 is 0 Å². The van der Waals surface area contributed by atoms with Crippen molar-refractivity contribution >= 4 is 37.6 Å². The lowest BCUT2D eigenvalue weighted by atomic mass is 10.1. The van der Waals surface area contributed by atoms with E-state index >= 15 is 0 Å². The molecule has 0 bridgehead atoms. The quantitative estimate of drug-likeness (QED) is 0.770. The van der Waals surface area contributed by atoms with Gasteiger partial charge in [0.05, 0.1) is 13.3 Å². The van der Waals surface area contributed by atoms with Crippen molar-refractivity contribution in [2.45, 2.75) is 0 Å². The summed E-state index contributed by atoms with van der Waals surface area (Å²) in [4.78, 5) is 16.3. The highest BCUT2D eigenvalue weighted by Crippen LogP contribution is 2.24. The SMILES string of the molecule is COc1cncc(C(=O)c2ccc(Br)cc2Br)c1. The molecule has 0 amide bonds. The Bertz CT molecular complexity index is 599. The lowest BCUT2D eigenvalue weighted by molar-refractivity contribution is 0.103. The molecule has 0 aliphatic carbocycles. The Morgan fingerprint density at radius 2 is 2.00 bits per heavy atom. The number of rotatable bonds is 3. The van der Waals surface area contributed by atoms with E-state index in [0.29, 0.717) is 16.9 Å². The van der Waals surface area contributed by atoms with E-state index in [9.17, 15) is 4.79 Å². The third-order valence-electron chi connectivity index (χ3n) is 2.39. The van der Waals surface area contributed by atoms with Gasteiger partial charge >= 0.3 is 0 Å². The zero-order valence-corrected chi connectivity index (χ0v) is 12.7. The first kappa shape index (κ1) is 13.2. The lowest BCUT2D eigenvalue weighted by Gasteiger charge is -2.05. The maximum absolute atomic E-state index is 12.3. The highest BCUT2D eigenvalue weighted by atomic mass is 79.9. The second kappa shape index (κ2) is 5.63. The van der Waals surface area contributed by atoms with Crippen molar-refractivity contribution in [2.24, 2.45) is 0 Å². The Balaban J connectivity index is 2.41. The summed E-state index contributed by atoms with van der Waals surface area (Å²) in [5, 5.41) is 0. The van der Waals surface area contributed by atoms with Crippen LogP contribution in [0.3, 0.4) is 0 Å². The van der Waals surface area contributed by atoms with Gasteiger partial charge in [0.15, 0.2) is 5.78 Å². The predicted octanol–water partition coefficient (Wildman–Crippen LogP) is 3.85. The number of hydrogen-bond donors (Lipinski definition) is 0. The third kappa shape index (κ3) is 2.79. The van der Waals surface area contributed by atoms with Crippen LogP contribution in [0.2, 0.25) is 0 Å². The first-order valence-corrected chi connectivity index (χ1v) is 6.69. The van der Waals surface area contributed by atoms with Gasteiger partial charge in [-0.25, -0.2) is 0 Å². The van der Waals surface area contributed by atoms with Crippen molar-refractivity contribution in [3.63, 3.8) is 0 Å². The van der Waals surface area contributed by atoms with Crippen LogP contribution < -0.4 is 4.74 Å². The molecule has 0 aliphatic heterocycles. The number of halogens is 2. The van der Waals surface area contributed by atoms with Gasteiger partial charge in [0.2, 0.25) is 0 Å². The molecular weight excluding hydrogens is 362 g/mol. The van der Waals surface area contributed by atoms with Crippen molar-refractivity contribution < 1.29 is 9.53 Å². The summed E-state index contributed by atoms with van der Waals surface area (Å²) in [6.07, 6.45) is 3.09. The number of aromatic nitrogens is 1. The highest BCUT2D eigenvalue weighted by Gasteiger charge is 2.13. The number of methoxy groups -OCH3 is 1. The first-order chi connectivity index (χ1) is 8.61. The maximum Gasteiger partial charge on any atom is 0.195 e. The monoisotopic (exact) mass is 369 g/mol. The topological polar surface area (TPSA) is 39.2 Å². The fraction of sp³-hybridized carbons (Fsp3) is 0.0769. The summed E-state index contributed by atoms with van der Waals surface area (Å²) >= 11 is 6.73. The smallest absolute Gasteiger partial charge is 0.195 e. The van der Waals surface area contributed by atoms with Crippen LogP contribution in [-0.4, -0.2) is 17.9 Å². The average molecular weight is 371 g/mol. The molecule has 2 rings (SSSR count). The second-order valence-corrected chi connectivity index (χ2v) is 5.34. The van der Waals surface area contributed by atoms with Crippen molar-refractivity contribution in [3.8, 4) is 5.75 Å². The van der Waals surface area contributed by atoms with Crippen LogP contribution >= 0.6 is 31.9 Å². The van der Waals surface area contributed by atoms with Gasteiger partial charge in [0, 0.05) is 26.3 Å². The molecule has 0 spiro atoms. The molecule has 18 heavy (non-hydrogen) atoms. The Labute approximate surface area is 121 Å². The van der Waals surface area contributed by atoms with Crippen molar-refractivity contribution in [1.82, 2.24) is 4.98 Å². The zero-order chi connectivity index (χ0) is 13.1. The van der Waals surface area contributed by atoms with Crippen LogP contribution in [0.15, 0.2) is 45.6 Å². The number of ketones is 1. The van der Waals surface area contributed by atoms with Crippen LogP contribution in [0.5, 0.6) is 5.75 Å². The molecule has 0 N–H and O–H groups in total. The van der Waals surface area contributed by atoms with Crippen LogP contribution in [0.4, 0.5) is 0 Å². The minimum Gasteiger partial charge on any atom is -0.495 e. The Morgan fingerprint density at radius 3 is 2.67 bits per heavy atom. The van der Waals surface area contributed by atoms with E-state index in [1.54, 1.807) is 25.4 Å². The number of ether oxygens (including phenoxy) is 1. The van der Waals surface area contributed by atoms with Gasteiger partial charge in [0.1, 0.15) is 5.75 Å². The van der Waals surface area contributed by atoms with E-state index in [0.717, 1.165) is 8.95 Å². The van der Waals surface area contributed by atoms with Crippen LogP contribution in [0, 0.1) is 0 Å². The molecular formula is C13H9Br2NO2. The Kier molecular flexibility index (Phi) is 4.14. The van der Waals surface area contributed by atoms with Crippen LogP contribution in [0.1, 0.15) is 15.9 Å². The highest BCUT2D eigenvalue weighted by molar-refractivity contribution is 9.11. The van der Waals surface area contributed by atoms with E-state index in [2.05, 4.69) is 36.8 Å². The molecule has 0 fully saturated rings. The van der Waals surface area contributed by atoms with Crippen molar-refractivity contribution in [3.05, 3.63) is 56.7 Å². The standard InChI is InChI=1S/C13H9Br2NO2/c1-18-10-4-8(6-16-7-10)13(17)11-3-2-9(14)5-12(11)15/h2-7H,1H3. The lowest BCUT2D eigenvalue weighted by Crippen LogP contribution is -2.03. The molecule has 0 radical (unpaired) electrons. The molecule has 92 valence electrons. The van der Waals surface area contributed by atoms with Gasteiger partial charge in [-0.05, 0) is 40.2 Å². The second-order valence-electron chi connectivity index (χ2n) is 3.57. The number of carbonyl (C=O) groups excluding carboxylic acids is 1. The van der Waals surface area contributed by atoms with E-state index in [-0.39, 0.29) is 5.78 Å². The summed E-state index contributed by atoms with van der Waals surface area (Å²) in [6.45, 7) is 0. The van der Waals surface area contributed by atoms with Gasteiger partial charge < -0.3 is 4.74 Å². The minimum atomic E-state index is -0.0965. The number of benzene rings is 1. The van der Waals surface area contributed by atoms with Gasteiger partial charge in [-0.1, -0.05) is 15.9 Å².